The number of hydrogen-bond donors (Lipinski definition) is 1. The first-order valence-corrected chi connectivity index (χ1v) is 14.4. The molecule has 2 aromatic rings. The standard InChI is InChI=1S/C28H44O3S/c1-3-5-7-9-11-13-15-19-24-23-28(32(29,30)31)27(26-21-18-17-20-25(24)26)22-16-14-12-10-8-6-4-2/h17-18,20-21,23H,3-16,19,22H2,1-2H3,(H,29,30,31). The van der Waals surface area contributed by atoms with E-state index in [0.717, 1.165) is 47.6 Å². The average Bonchev–Trinajstić information content (AvgIpc) is 2.77. The summed E-state index contributed by atoms with van der Waals surface area (Å²) in [7, 11) is -4.25. The topological polar surface area (TPSA) is 54.4 Å². The molecule has 0 radical (unpaired) electrons. The zero-order chi connectivity index (χ0) is 23.2. The molecular weight excluding hydrogens is 416 g/mol. The SMILES string of the molecule is CCCCCCCCCc1cc(S(=O)(=O)O)c(CCCCCCCCC)c2ccccc12. The Bertz CT molecular complexity index is 902. The van der Waals surface area contributed by atoms with E-state index in [4.69, 9.17) is 0 Å². The molecule has 0 aromatic heterocycles. The number of fused-ring (bicyclic) bond motifs is 1. The van der Waals surface area contributed by atoms with Crippen molar-refractivity contribution in [2.45, 2.75) is 121 Å². The summed E-state index contributed by atoms with van der Waals surface area (Å²) in [4.78, 5) is 0.125. The van der Waals surface area contributed by atoms with E-state index in [0.29, 0.717) is 6.42 Å². The lowest BCUT2D eigenvalue weighted by Crippen LogP contribution is -2.06. The lowest BCUT2D eigenvalue weighted by Gasteiger charge is -2.16. The fourth-order valence-electron chi connectivity index (χ4n) is 4.71. The van der Waals surface area contributed by atoms with Crippen LogP contribution in [-0.4, -0.2) is 13.0 Å². The van der Waals surface area contributed by atoms with Crippen molar-refractivity contribution in [3.05, 3.63) is 41.5 Å². The molecule has 0 amide bonds. The molecule has 180 valence electrons. The van der Waals surface area contributed by atoms with Crippen LogP contribution in [-0.2, 0) is 23.0 Å². The van der Waals surface area contributed by atoms with Crippen molar-refractivity contribution in [2.24, 2.45) is 0 Å². The second-order valence-electron chi connectivity index (χ2n) is 9.28. The Morgan fingerprint density at radius 2 is 1.12 bits per heavy atom. The number of rotatable bonds is 17. The van der Waals surface area contributed by atoms with Crippen molar-refractivity contribution in [1.29, 1.82) is 0 Å². The summed E-state index contributed by atoms with van der Waals surface area (Å²) in [5.74, 6) is 0. The lowest BCUT2D eigenvalue weighted by molar-refractivity contribution is 0.481. The van der Waals surface area contributed by atoms with Crippen LogP contribution in [0.25, 0.3) is 10.8 Å². The minimum absolute atomic E-state index is 0.125. The Balaban J connectivity index is 2.12. The highest BCUT2D eigenvalue weighted by atomic mass is 32.2. The molecule has 0 bridgehead atoms. The molecule has 4 heteroatoms. The van der Waals surface area contributed by atoms with Gasteiger partial charge in [0.2, 0.25) is 0 Å². The highest BCUT2D eigenvalue weighted by molar-refractivity contribution is 7.85. The first kappa shape index (κ1) is 26.9. The van der Waals surface area contributed by atoms with E-state index in [2.05, 4.69) is 19.9 Å². The quantitative estimate of drug-likeness (QED) is 0.190. The van der Waals surface area contributed by atoms with Crippen LogP contribution in [0.1, 0.15) is 115 Å². The van der Waals surface area contributed by atoms with Crippen LogP contribution in [0, 0.1) is 0 Å². The van der Waals surface area contributed by atoms with E-state index in [9.17, 15) is 13.0 Å². The van der Waals surface area contributed by atoms with Crippen LogP contribution < -0.4 is 0 Å². The van der Waals surface area contributed by atoms with Crippen LogP contribution in [0.3, 0.4) is 0 Å². The minimum atomic E-state index is -4.25. The van der Waals surface area contributed by atoms with Crippen molar-refractivity contribution < 1.29 is 13.0 Å². The Morgan fingerprint density at radius 1 is 0.656 bits per heavy atom. The van der Waals surface area contributed by atoms with Crippen LogP contribution in [0.5, 0.6) is 0 Å². The van der Waals surface area contributed by atoms with Crippen molar-refractivity contribution in [3.63, 3.8) is 0 Å². The van der Waals surface area contributed by atoms with Gasteiger partial charge in [0.15, 0.2) is 0 Å². The van der Waals surface area contributed by atoms with Gasteiger partial charge in [0.1, 0.15) is 0 Å². The Labute approximate surface area is 196 Å². The third-order valence-electron chi connectivity index (χ3n) is 6.56. The number of aryl methyl sites for hydroxylation is 2. The first-order valence-electron chi connectivity index (χ1n) is 13.0. The van der Waals surface area contributed by atoms with Gasteiger partial charge < -0.3 is 0 Å². The summed E-state index contributed by atoms with van der Waals surface area (Å²) in [5.41, 5.74) is 1.84. The van der Waals surface area contributed by atoms with E-state index < -0.39 is 10.1 Å². The van der Waals surface area contributed by atoms with E-state index in [1.165, 1.54) is 70.6 Å². The zero-order valence-electron chi connectivity index (χ0n) is 20.4. The third kappa shape index (κ3) is 8.86. The van der Waals surface area contributed by atoms with Crippen molar-refractivity contribution in [2.75, 3.05) is 0 Å². The maximum absolute atomic E-state index is 12.3. The van der Waals surface area contributed by atoms with E-state index in [-0.39, 0.29) is 4.90 Å². The molecule has 1 N–H and O–H groups in total. The largest absolute Gasteiger partial charge is 0.294 e. The normalized spacial score (nSPS) is 12.0. The summed E-state index contributed by atoms with van der Waals surface area (Å²) >= 11 is 0. The molecule has 0 atom stereocenters. The maximum atomic E-state index is 12.3. The predicted molar refractivity (Wildman–Crippen MR) is 137 cm³/mol. The van der Waals surface area contributed by atoms with Crippen molar-refractivity contribution >= 4 is 20.9 Å². The molecule has 0 unspecified atom stereocenters. The van der Waals surface area contributed by atoms with Gasteiger partial charge in [0.05, 0.1) is 4.90 Å². The fraction of sp³-hybridized carbons (Fsp3) is 0.643. The molecule has 0 saturated carbocycles. The Kier molecular flexibility index (Phi) is 12.3. The smallest absolute Gasteiger partial charge is 0.282 e. The van der Waals surface area contributed by atoms with Gasteiger partial charge in [-0.1, -0.05) is 115 Å². The van der Waals surface area contributed by atoms with Gasteiger partial charge in [-0.05, 0) is 53.6 Å². The molecule has 0 saturated heterocycles. The van der Waals surface area contributed by atoms with Gasteiger partial charge >= 0.3 is 0 Å². The van der Waals surface area contributed by atoms with Gasteiger partial charge in [0.25, 0.3) is 10.1 Å². The highest BCUT2D eigenvalue weighted by Gasteiger charge is 2.20. The maximum Gasteiger partial charge on any atom is 0.294 e. The summed E-state index contributed by atoms with van der Waals surface area (Å²) in [6.07, 6.45) is 18.5. The average molecular weight is 461 g/mol. The van der Waals surface area contributed by atoms with Gasteiger partial charge in [-0.15, -0.1) is 0 Å². The predicted octanol–water partition coefficient (Wildman–Crippen LogP) is 8.67. The van der Waals surface area contributed by atoms with Gasteiger partial charge in [-0.3, -0.25) is 4.55 Å². The van der Waals surface area contributed by atoms with E-state index in [1.807, 2.05) is 18.2 Å². The van der Waals surface area contributed by atoms with Crippen LogP contribution in [0.15, 0.2) is 35.2 Å². The molecule has 3 nitrogen and oxygen atoms in total. The van der Waals surface area contributed by atoms with E-state index in [1.54, 1.807) is 6.07 Å². The molecule has 0 aliphatic carbocycles. The number of unbranched alkanes of at least 4 members (excludes halogenated alkanes) is 12. The molecule has 0 aliphatic rings. The molecule has 0 spiro atoms. The van der Waals surface area contributed by atoms with Crippen molar-refractivity contribution in [3.8, 4) is 0 Å². The molecule has 2 rings (SSSR count). The Morgan fingerprint density at radius 3 is 1.66 bits per heavy atom. The van der Waals surface area contributed by atoms with Gasteiger partial charge in [-0.2, -0.15) is 8.42 Å². The molecule has 32 heavy (non-hydrogen) atoms. The summed E-state index contributed by atoms with van der Waals surface area (Å²) in [6.45, 7) is 4.45. The molecule has 2 aromatic carbocycles. The van der Waals surface area contributed by atoms with Crippen molar-refractivity contribution in [1.82, 2.24) is 0 Å². The molecular formula is C28H44O3S. The third-order valence-corrected chi connectivity index (χ3v) is 7.48. The molecule has 0 fully saturated rings. The number of benzene rings is 2. The summed E-state index contributed by atoms with van der Waals surface area (Å²) in [5, 5.41) is 2.13. The summed E-state index contributed by atoms with van der Waals surface area (Å²) < 4.78 is 34.6. The lowest BCUT2D eigenvalue weighted by atomic mass is 9.93. The van der Waals surface area contributed by atoms with Crippen LogP contribution in [0.4, 0.5) is 0 Å². The molecule has 0 aliphatic heterocycles. The second kappa shape index (κ2) is 14.7. The fourth-order valence-corrected chi connectivity index (χ4v) is 5.52. The van der Waals surface area contributed by atoms with E-state index >= 15 is 0 Å². The van der Waals surface area contributed by atoms with Gasteiger partial charge in [0, 0.05) is 0 Å². The first-order chi connectivity index (χ1) is 15.5. The number of hydrogen-bond acceptors (Lipinski definition) is 2. The monoisotopic (exact) mass is 460 g/mol. The van der Waals surface area contributed by atoms with Crippen LogP contribution >= 0.6 is 0 Å². The zero-order valence-corrected chi connectivity index (χ0v) is 21.2. The minimum Gasteiger partial charge on any atom is -0.282 e. The second-order valence-corrected chi connectivity index (χ2v) is 10.7. The highest BCUT2D eigenvalue weighted by Crippen LogP contribution is 2.32. The van der Waals surface area contributed by atoms with Gasteiger partial charge in [-0.25, -0.2) is 0 Å². The molecule has 0 heterocycles. The summed E-state index contributed by atoms with van der Waals surface area (Å²) in [6, 6.07) is 9.89. The van der Waals surface area contributed by atoms with Crippen LogP contribution in [0.2, 0.25) is 0 Å². The Hall–Kier alpha value is -1.39.